The monoisotopic (exact) mass is 254 g/mol. The SMILES string of the molecule is Cc1ccc(OCCCc2ccc(C=O)cc2)cc1. The predicted octanol–water partition coefficient (Wildman–Crippen LogP) is 3.82. The van der Waals surface area contributed by atoms with Gasteiger partial charge >= 0.3 is 0 Å². The molecule has 2 aromatic carbocycles. The summed E-state index contributed by atoms with van der Waals surface area (Å²) in [6.07, 6.45) is 2.80. The molecular formula is C17H18O2. The van der Waals surface area contributed by atoms with Gasteiger partial charge in [0.1, 0.15) is 12.0 Å². The molecule has 2 aromatic rings. The fraction of sp³-hybridized carbons (Fsp3) is 0.235. The van der Waals surface area contributed by atoms with E-state index < -0.39 is 0 Å². The summed E-state index contributed by atoms with van der Waals surface area (Å²) in [5.74, 6) is 0.918. The van der Waals surface area contributed by atoms with Crippen LogP contribution in [-0.2, 0) is 6.42 Å². The number of carbonyl (C=O) groups is 1. The van der Waals surface area contributed by atoms with Crippen LogP contribution >= 0.6 is 0 Å². The van der Waals surface area contributed by atoms with Crippen molar-refractivity contribution in [1.82, 2.24) is 0 Å². The molecule has 0 bridgehead atoms. The first kappa shape index (κ1) is 13.3. The maximum atomic E-state index is 10.5. The van der Waals surface area contributed by atoms with Crippen LogP contribution in [0.2, 0.25) is 0 Å². The van der Waals surface area contributed by atoms with Crippen molar-refractivity contribution in [2.45, 2.75) is 19.8 Å². The topological polar surface area (TPSA) is 26.3 Å². The fourth-order valence-corrected chi connectivity index (χ4v) is 1.86. The lowest BCUT2D eigenvalue weighted by atomic mass is 10.1. The molecule has 2 nitrogen and oxygen atoms in total. The highest BCUT2D eigenvalue weighted by molar-refractivity contribution is 5.74. The third kappa shape index (κ3) is 4.25. The minimum absolute atomic E-state index is 0.707. The summed E-state index contributed by atoms with van der Waals surface area (Å²) in [6, 6.07) is 15.8. The minimum Gasteiger partial charge on any atom is -0.494 e. The summed E-state index contributed by atoms with van der Waals surface area (Å²) < 4.78 is 5.67. The smallest absolute Gasteiger partial charge is 0.150 e. The van der Waals surface area contributed by atoms with Crippen LogP contribution in [0.3, 0.4) is 0 Å². The van der Waals surface area contributed by atoms with Gasteiger partial charge in [-0.2, -0.15) is 0 Å². The van der Waals surface area contributed by atoms with Crippen molar-refractivity contribution < 1.29 is 9.53 Å². The zero-order valence-corrected chi connectivity index (χ0v) is 11.1. The maximum Gasteiger partial charge on any atom is 0.150 e. The van der Waals surface area contributed by atoms with Crippen LogP contribution in [0.15, 0.2) is 48.5 Å². The summed E-state index contributed by atoms with van der Waals surface area (Å²) in [6.45, 7) is 2.77. The van der Waals surface area contributed by atoms with Gasteiger partial charge in [0.05, 0.1) is 6.61 Å². The van der Waals surface area contributed by atoms with Crippen LogP contribution < -0.4 is 4.74 Å². The van der Waals surface area contributed by atoms with Crippen molar-refractivity contribution in [2.24, 2.45) is 0 Å². The van der Waals surface area contributed by atoms with Crippen LogP contribution in [0, 0.1) is 6.92 Å². The van der Waals surface area contributed by atoms with Gasteiger partial charge in [-0.05, 0) is 37.5 Å². The van der Waals surface area contributed by atoms with Crippen LogP contribution in [0.1, 0.15) is 27.9 Å². The summed E-state index contributed by atoms with van der Waals surface area (Å²) in [4.78, 5) is 10.5. The second-order valence-electron chi connectivity index (χ2n) is 4.62. The van der Waals surface area contributed by atoms with Crippen LogP contribution in [-0.4, -0.2) is 12.9 Å². The lowest BCUT2D eigenvalue weighted by molar-refractivity contribution is 0.112. The van der Waals surface area contributed by atoms with E-state index in [1.165, 1.54) is 11.1 Å². The molecule has 98 valence electrons. The molecule has 2 heteroatoms. The molecule has 19 heavy (non-hydrogen) atoms. The van der Waals surface area contributed by atoms with E-state index in [4.69, 9.17) is 4.74 Å². The Balaban J connectivity index is 1.74. The molecule has 0 radical (unpaired) electrons. The highest BCUT2D eigenvalue weighted by Crippen LogP contribution is 2.12. The number of benzene rings is 2. The van der Waals surface area contributed by atoms with Gasteiger partial charge in [0.25, 0.3) is 0 Å². The predicted molar refractivity (Wildman–Crippen MR) is 76.8 cm³/mol. The van der Waals surface area contributed by atoms with E-state index in [1.54, 1.807) is 0 Å². The van der Waals surface area contributed by atoms with Crippen LogP contribution in [0.5, 0.6) is 5.75 Å². The number of aryl methyl sites for hydroxylation is 2. The molecule has 2 rings (SSSR count). The summed E-state index contributed by atoms with van der Waals surface area (Å²) in [7, 11) is 0. The lowest BCUT2D eigenvalue weighted by Gasteiger charge is -2.06. The van der Waals surface area contributed by atoms with Crippen molar-refractivity contribution in [3.8, 4) is 5.75 Å². The van der Waals surface area contributed by atoms with Gasteiger partial charge in [0.15, 0.2) is 0 Å². The highest BCUT2D eigenvalue weighted by atomic mass is 16.5. The van der Waals surface area contributed by atoms with Crippen molar-refractivity contribution in [2.75, 3.05) is 6.61 Å². The number of carbonyl (C=O) groups excluding carboxylic acids is 1. The van der Waals surface area contributed by atoms with Gasteiger partial charge in [0, 0.05) is 5.56 Å². The van der Waals surface area contributed by atoms with E-state index >= 15 is 0 Å². The molecule has 0 amide bonds. The summed E-state index contributed by atoms with van der Waals surface area (Å²) >= 11 is 0. The van der Waals surface area contributed by atoms with E-state index in [-0.39, 0.29) is 0 Å². The Morgan fingerprint density at radius 2 is 1.68 bits per heavy atom. The number of hydrogen-bond acceptors (Lipinski definition) is 2. The second-order valence-corrected chi connectivity index (χ2v) is 4.62. The Morgan fingerprint density at radius 1 is 1.00 bits per heavy atom. The van der Waals surface area contributed by atoms with Crippen molar-refractivity contribution in [3.63, 3.8) is 0 Å². The number of aldehydes is 1. The molecule has 0 heterocycles. The first-order valence-electron chi connectivity index (χ1n) is 6.51. The lowest BCUT2D eigenvalue weighted by Crippen LogP contribution is -1.99. The Labute approximate surface area is 114 Å². The highest BCUT2D eigenvalue weighted by Gasteiger charge is 1.96. The molecule has 0 spiro atoms. The second kappa shape index (κ2) is 6.74. The molecule has 0 aliphatic carbocycles. The summed E-state index contributed by atoms with van der Waals surface area (Å²) in [5.41, 5.74) is 3.19. The molecule has 0 saturated heterocycles. The zero-order valence-electron chi connectivity index (χ0n) is 11.1. The van der Waals surface area contributed by atoms with Gasteiger partial charge in [0.2, 0.25) is 0 Å². The molecular weight excluding hydrogens is 236 g/mol. The third-order valence-electron chi connectivity index (χ3n) is 3.02. The summed E-state index contributed by atoms with van der Waals surface area (Å²) in [5, 5.41) is 0. The molecule has 0 aliphatic heterocycles. The Hall–Kier alpha value is -2.09. The number of ether oxygens (including phenoxy) is 1. The Morgan fingerprint density at radius 3 is 2.32 bits per heavy atom. The van der Waals surface area contributed by atoms with E-state index in [0.717, 1.165) is 30.4 Å². The largest absolute Gasteiger partial charge is 0.494 e. The number of rotatable bonds is 6. The van der Waals surface area contributed by atoms with Crippen LogP contribution in [0.4, 0.5) is 0 Å². The Bertz CT molecular complexity index is 512. The van der Waals surface area contributed by atoms with E-state index in [9.17, 15) is 4.79 Å². The molecule has 0 saturated carbocycles. The Kier molecular flexibility index (Phi) is 4.73. The van der Waals surface area contributed by atoms with Crippen molar-refractivity contribution in [1.29, 1.82) is 0 Å². The molecule has 0 fully saturated rings. The minimum atomic E-state index is 0.707. The number of hydrogen-bond donors (Lipinski definition) is 0. The molecule has 0 aromatic heterocycles. The van der Waals surface area contributed by atoms with Crippen LogP contribution in [0.25, 0.3) is 0 Å². The van der Waals surface area contributed by atoms with E-state index in [0.29, 0.717) is 6.61 Å². The van der Waals surface area contributed by atoms with Gasteiger partial charge in [-0.15, -0.1) is 0 Å². The van der Waals surface area contributed by atoms with E-state index in [2.05, 4.69) is 6.92 Å². The van der Waals surface area contributed by atoms with Crippen molar-refractivity contribution in [3.05, 3.63) is 65.2 Å². The van der Waals surface area contributed by atoms with Gasteiger partial charge < -0.3 is 4.74 Å². The third-order valence-corrected chi connectivity index (χ3v) is 3.02. The first-order valence-corrected chi connectivity index (χ1v) is 6.51. The average Bonchev–Trinajstić information content (AvgIpc) is 2.46. The zero-order chi connectivity index (χ0) is 13.5. The van der Waals surface area contributed by atoms with Gasteiger partial charge in [-0.25, -0.2) is 0 Å². The standard InChI is InChI=1S/C17H18O2/c1-14-4-10-17(11-5-14)19-12-2-3-15-6-8-16(13-18)9-7-15/h4-11,13H,2-3,12H2,1H3. The molecule has 0 unspecified atom stereocenters. The van der Waals surface area contributed by atoms with Crippen molar-refractivity contribution >= 4 is 6.29 Å². The fourth-order valence-electron chi connectivity index (χ4n) is 1.86. The quantitative estimate of drug-likeness (QED) is 0.578. The van der Waals surface area contributed by atoms with E-state index in [1.807, 2.05) is 48.5 Å². The first-order chi connectivity index (χ1) is 9.28. The molecule has 0 aliphatic rings. The normalized spacial score (nSPS) is 10.2. The van der Waals surface area contributed by atoms with Gasteiger partial charge in [-0.1, -0.05) is 42.0 Å². The molecule has 0 N–H and O–H groups in total. The van der Waals surface area contributed by atoms with Gasteiger partial charge in [-0.3, -0.25) is 4.79 Å². The average molecular weight is 254 g/mol. The molecule has 0 atom stereocenters. The maximum absolute atomic E-state index is 10.5.